The molecule has 0 radical (unpaired) electrons. The van der Waals surface area contributed by atoms with Crippen LogP contribution in [0, 0.1) is 5.92 Å². The lowest BCUT2D eigenvalue weighted by Crippen LogP contribution is -2.44. The lowest BCUT2D eigenvalue weighted by atomic mass is 9.87. The van der Waals surface area contributed by atoms with Crippen molar-refractivity contribution >= 4 is 27.5 Å². The maximum atomic E-state index is 6.36. The molecule has 2 nitrogen and oxygen atoms in total. The van der Waals surface area contributed by atoms with Crippen LogP contribution in [0.15, 0.2) is 53.0 Å². The van der Waals surface area contributed by atoms with Crippen LogP contribution in [0.25, 0.3) is 0 Å². The van der Waals surface area contributed by atoms with Crippen molar-refractivity contribution in [3.63, 3.8) is 0 Å². The zero-order valence-electron chi connectivity index (χ0n) is 16.3. The van der Waals surface area contributed by atoms with Gasteiger partial charge in [-0.05, 0) is 77.0 Å². The monoisotopic (exact) mass is 448 g/mol. The van der Waals surface area contributed by atoms with E-state index in [1.165, 1.54) is 24.0 Å². The first-order chi connectivity index (χ1) is 13.0. The summed E-state index contributed by atoms with van der Waals surface area (Å²) in [4.78, 5) is 2.69. The normalized spacial score (nSPS) is 16.8. The average molecular weight is 450 g/mol. The molecule has 1 N–H and O–H groups in total. The molecule has 0 aliphatic carbocycles. The van der Waals surface area contributed by atoms with Crippen LogP contribution in [-0.2, 0) is 6.54 Å². The molecule has 0 amide bonds. The molecule has 0 spiro atoms. The molecular weight excluding hydrogens is 420 g/mol. The van der Waals surface area contributed by atoms with Gasteiger partial charge in [0.15, 0.2) is 0 Å². The first-order valence-corrected chi connectivity index (χ1v) is 11.2. The van der Waals surface area contributed by atoms with Gasteiger partial charge in [0.25, 0.3) is 0 Å². The van der Waals surface area contributed by atoms with Crippen molar-refractivity contribution < 1.29 is 0 Å². The largest absolute Gasteiger partial charge is 0.317 e. The van der Waals surface area contributed by atoms with Crippen molar-refractivity contribution in [1.29, 1.82) is 0 Å². The molecule has 1 fully saturated rings. The third-order valence-corrected chi connectivity index (χ3v) is 6.89. The minimum Gasteiger partial charge on any atom is -0.317 e. The number of halogens is 2. The standard InChI is InChI=1S/C23H30BrClN2/c1-17(2)21(19-6-4-3-5-7-19)16-27(20-10-12-26-13-11-20)15-18-8-9-22(24)23(25)14-18/h3-9,14,17,20-21,26H,10-13,15-16H2,1-2H3. The molecule has 0 aromatic heterocycles. The molecule has 0 bridgehead atoms. The van der Waals surface area contributed by atoms with Crippen LogP contribution < -0.4 is 5.32 Å². The SMILES string of the molecule is CC(C)C(CN(Cc1ccc(Br)c(Cl)c1)C1CCNCC1)c1ccccc1. The van der Waals surface area contributed by atoms with Crippen LogP contribution in [0.1, 0.15) is 43.7 Å². The Labute approximate surface area is 177 Å². The summed E-state index contributed by atoms with van der Waals surface area (Å²) >= 11 is 9.87. The first-order valence-electron chi connectivity index (χ1n) is 9.98. The minimum absolute atomic E-state index is 0.534. The molecule has 1 atom stereocenters. The molecular formula is C23H30BrClN2. The number of nitrogens with zero attached hydrogens (tertiary/aromatic N) is 1. The van der Waals surface area contributed by atoms with E-state index in [2.05, 4.69) is 88.5 Å². The summed E-state index contributed by atoms with van der Waals surface area (Å²) in [5, 5.41) is 4.30. The highest BCUT2D eigenvalue weighted by molar-refractivity contribution is 9.10. The van der Waals surface area contributed by atoms with Gasteiger partial charge in [-0.1, -0.05) is 61.8 Å². The molecule has 0 saturated carbocycles. The summed E-state index contributed by atoms with van der Waals surface area (Å²) in [6, 6.07) is 18.0. The zero-order valence-corrected chi connectivity index (χ0v) is 18.6. The maximum Gasteiger partial charge on any atom is 0.0551 e. The third kappa shape index (κ3) is 5.80. The Morgan fingerprint density at radius 1 is 1.11 bits per heavy atom. The second-order valence-electron chi connectivity index (χ2n) is 7.92. The van der Waals surface area contributed by atoms with Gasteiger partial charge in [0.2, 0.25) is 0 Å². The highest BCUT2D eigenvalue weighted by Crippen LogP contribution is 2.30. The molecule has 27 heavy (non-hydrogen) atoms. The Morgan fingerprint density at radius 2 is 1.81 bits per heavy atom. The van der Waals surface area contributed by atoms with E-state index in [1.54, 1.807) is 0 Å². The van der Waals surface area contributed by atoms with E-state index in [0.717, 1.165) is 35.7 Å². The van der Waals surface area contributed by atoms with Crippen molar-refractivity contribution in [3.8, 4) is 0 Å². The van der Waals surface area contributed by atoms with Gasteiger partial charge < -0.3 is 5.32 Å². The number of nitrogens with one attached hydrogen (secondary N) is 1. The van der Waals surface area contributed by atoms with Gasteiger partial charge in [0.05, 0.1) is 5.02 Å². The van der Waals surface area contributed by atoms with Crippen LogP contribution in [0.5, 0.6) is 0 Å². The fraction of sp³-hybridized carbons (Fsp3) is 0.478. The molecule has 4 heteroatoms. The zero-order chi connectivity index (χ0) is 19.2. The summed E-state index contributed by atoms with van der Waals surface area (Å²) in [6.07, 6.45) is 2.42. The number of rotatable bonds is 7. The van der Waals surface area contributed by atoms with Gasteiger partial charge in [-0.2, -0.15) is 0 Å². The Hall–Kier alpha value is -0.870. The lowest BCUT2D eigenvalue weighted by Gasteiger charge is -2.38. The highest BCUT2D eigenvalue weighted by atomic mass is 79.9. The summed E-state index contributed by atoms with van der Waals surface area (Å²) in [6.45, 7) is 8.94. The van der Waals surface area contributed by atoms with Crippen LogP contribution in [0.4, 0.5) is 0 Å². The van der Waals surface area contributed by atoms with Crippen molar-refractivity contribution in [3.05, 3.63) is 69.2 Å². The molecule has 1 saturated heterocycles. The number of piperidine rings is 1. The summed E-state index contributed by atoms with van der Waals surface area (Å²) in [5.74, 6) is 1.14. The molecule has 2 aromatic carbocycles. The van der Waals surface area contributed by atoms with Crippen molar-refractivity contribution in [1.82, 2.24) is 10.2 Å². The van der Waals surface area contributed by atoms with E-state index in [9.17, 15) is 0 Å². The maximum absolute atomic E-state index is 6.36. The van der Waals surface area contributed by atoms with Crippen molar-refractivity contribution in [2.75, 3.05) is 19.6 Å². The van der Waals surface area contributed by atoms with Crippen LogP contribution >= 0.6 is 27.5 Å². The predicted molar refractivity (Wildman–Crippen MR) is 119 cm³/mol. The highest BCUT2D eigenvalue weighted by Gasteiger charge is 2.26. The first kappa shape index (κ1) is 20.9. The number of hydrogen-bond donors (Lipinski definition) is 1. The van der Waals surface area contributed by atoms with E-state index < -0.39 is 0 Å². The quantitative estimate of drug-likeness (QED) is 0.549. The van der Waals surface area contributed by atoms with Gasteiger partial charge in [-0.25, -0.2) is 0 Å². The van der Waals surface area contributed by atoms with Gasteiger partial charge in [-0.3, -0.25) is 4.90 Å². The minimum atomic E-state index is 0.534. The van der Waals surface area contributed by atoms with Crippen LogP contribution in [-0.4, -0.2) is 30.6 Å². The van der Waals surface area contributed by atoms with Gasteiger partial charge >= 0.3 is 0 Å². The molecule has 1 unspecified atom stereocenters. The van der Waals surface area contributed by atoms with Gasteiger partial charge in [0.1, 0.15) is 0 Å². The fourth-order valence-electron chi connectivity index (χ4n) is 4.04. The van der Waals surface area contributed by atoms with Crippen molar-refractivity contribution in [2.24, 2.45) is 5.92 Å². The third-order valence-electron chi connectivity index (χ3n) is 5.66. The van der Waals surface area contributed by atoms with Gasteiger partial charge in [0, 0.05) is 23.6 Å². The smallest absolute Gasteiger partial charge is 0.0551 e. The molecule has 1 aliphatic rings. The van der Waals surface area contributed by atoms with Crippen LogP contribution in [0.2, 0.25) is 5.02 Å². The molecule has 146 valence electrons. The second kappa shape index (κ2) is 10.1. The number of benzene rings is 2. The summed E-state index contributed by atoms with van der Waals surface area (Å²) < 4.78 is 0.964. The Morgan fingerprint density at radius 3 is 2.44 bits per heavy atom. The van der Waals surface area contributed by atoms with E-state index in [-0.39, 0.29) is 0 Å². The lowest BCUT2D eigenvalue weighted by molar-refractivity contribution is 0.135. The average Bonchev–Trinajstić information content (AvgIpc) is 2.69. The van der Waals surface area contributed by atoms with Crippen molar-refractivity contribution in [2.45, 2.75) is 45.2 Å². The number of hydrogen-bond acceptors (Lipinski definition) is 2. The van der Waals surface area contributed by atoms with E-state index >= 15 is 0 Å². The van der Waals surface area contributed by atoms with E-state index in [1.807, 2.05) is 0 Å². The molecule has 2 aromatic rings. The predicted octanol–water partition coefficient (Wildman–Crippen LogP) is 6.10. The Bertz CT molecular complexity index is 714. The summed E-state index contributed by atoms with van der Waals surface area (Å²) in [5.41, 5.74) is 2.73. The molecule has 1 aliphatic heterocycles. The molecule has 1 heterocycles. The summed E-state index contributed by atoms with van der Waals surface area (Å²) in [7, 11) is 0. The topological polar surface area (TPSA) is 15.3 Å². The van der Waals surface area contributed by atoms with Crippen LogP contribution in [0.3, 0.4) is 0 Å². The fourth-order valence-corrected chi connectivity index (χ4v) is 4.49. The Kier molecular flexibility index (Phi) is 7.77. The molecule has 3 rings (SSSR count). The van der Waals surface area contributed by atoms with E-state index in [4.69, 9.17) is 11.6 Å². The van der Waals surface area contributed by atoms with Gasteiger partial charge in [-0.15, -0.1) is 0 Å². The van der Waals surface area contributed by atoms with E-state index in [0.29, 0.717) is 17.9 Å². The Balaban J connectivity index is 1.82. The second-order valence-corrected chi connectivity index (χ2v) is 9.18.